The minimum absolute atomic E-state index is 0.357. The lowest BCUT2D eigenvalue weighted by Gasteiger charge is -2.43. The van der Waals surface area contributed by atoms with Crippen molar-refractivity contribution in [2.75, 3.05) is 41.0 Å². The van der Waals surface area contributed by atoms with Crippen molar-refractivity contribution in [3.63, 3.8) is 0 Å². The van der Waals surface area contributed by atoms with E-state index in [4.69, 9.17) is 18.9 Å². The summed E-state index contributed by atoms with van der Waals surface area (Å²) in [6, 6.07) is 5.74. The van der Waals surface area contributed by atoms with E-state index >= 15 is 0 Å². The van der Waals surface area contributed by atoms with Crippen LogP contribution in [0.3, 0.4) is 0 Å². The van der Waals surface area contributed by atoms with Crippen LogP contribution in [0.25, 0.3) is 0 Å². The fourth-order valence-electron chi connectivity index (χ4n) is 4.50. The molecule has 0 radical (unpaired) electrons. The van der Waals surface area contributed by atoms with Crippen molar-refractivity contribution < 1.29 is 28.8 Å². The number of methoxy groups -OCH3 is 3. The third-order valence-electron chi connectivity index (χ3n) is 6.03. The first-order valence-electron chi connectivity index (χ1n) is 10.0. The zero-order valence-corrected chi connectivity index (χ0v) is 18.3. The van der Waals surface area contributed by atoms with Crippen molar-refractivity contribution in [3.8, 4) is 17.2 Å². The molecule has 0 atom stereocenters. The smallest absolute Gasteiger partial charge is 0.345 e. The Morgan fingerprint density at radius 2 is 1.90 bits per heavy atom. The molecule has 2 aromatic rings. The van der Waals surface area contributed by atoms with E-state index in [0.29, 0.717) is 28.7 Å². The lowest BCUT2D eigenvalue weighted by Crippen LogP contribution is -2.45. The average Bonchev–Trinajstić information content (AvgIpc) is 3.21. The Kier molecular flexibility index (Phi) is 5.90. The van der Waals surface area contributed by atoms with Gasteiger partial charge in [-0.2, -0.15) is 0 Å². The molecule has 8 heteroatoms. The number of carboxylic acid groups (broad SMARTS) is 1. The molecule has 0 saturated carbocycles. The fourth-order valence-corrected chi connectivity index (χ4v) is 5.75. The van der Waals surface area contributed by atoms with Gasteiger partial charge in [-0.3, -0.25) is 4.90 Å². The molecule has 3 heterocycles. The van der Waals surface area contributed by atoms with Gasteiger partial charge in [-0.25, -0.2) is 4.79 Å². The molecule has 1 N–H and O–H groups in total. The van der Waals surface area contributed by atoms with Gasteiger partial charge in [0.2, 0.25) is 5.75 Å². The molecule has 1 fully saturated rings. The molecule has 1 spiro atoms. The van der Waals surface area contributed by atoms with Crippen LogP contribution in [-0.2, 0) is 23.3 Å². The molecule has 4 rings (SSSR count). The summed E-state index contributed by atoms with van der Waals surface area (Å²) < 4.78 is 22.8. The van der Waals surface area contributed by atoms with Crippen molar-refractivity contribution in [2.24, 2.45) is 0 Å². The maximum Gasteiger partial charge on any atom is 0.345 e. The van der Waals surface area contributed by atoms with Crippen molar-refractivity contribution >= 4 is 17.3 Å². The van der Waals surface area contributed by atoms with Crippen LogP contribution < -0.4 is 14.2 Å². The van der Waals surface area contributed by atoms with E-state index in [1.807, 2.05) is 18.2 Å². The van der Waals surface area contributed by atoms with Crippen molar-refractivity contribution in [1.29, 1.82) is 0 Å². The van der Waals surface area contributed by atoms with Crippen LogP contribution >= 0.6 is 11.3 Å². The van der Waals surface area contributed by atoms with E-state index in [9.17, 15) is 9.90 Å². The number of hydrogen-bond donors (Lipinski definition) is 1. The van der Waals surface area contributed by atoms with E-state index in [0.717, 1.165) is 54.9 Å². The van der Waals surface area contributed by atoms with Crippen LogP contribution in [0, 0.1) is 0 Å². The predicted octanol–water partition coefficient (Wildman–Crippen LogP) is 3.54. The number of thiophene rings is 1. The third-order valence-corrected chi connectivity index (χ3v) is 7.38. The SMILES string of the molecule is COc1ccc(CN2CCC3(CC2)OCCc2cc(C(=O)O)sc23)c(OC)c1OC. The largest absolute Gasteiger partial charge is 0.493 e. The van der Waals surface area contributed by atoms with Crippen LogP contribution in [0.2, 0.25) is 0 Å². The Morgan fingerprint density at radius 1 is 1.17 bits per heavy atom. The first-order valence-corrected chi connectivity index (χ1v) is 10.8. The Morgan fingerprint density at radius 3 is 2.53 bits per heavy atom. The maximum absolute atomic E-state index is 11.4. The maximum atomic E-state index is 11.4. The third kappa shape index (κ3) is 3.64. The van der Waals surface area contributed by atoms with Crippen molar-refractivity contribution in [1.82, 2.24) is 4.90 Å². The molecule has 1 aromatic heterocycles. The number of rotatable bonds is 6. The van der Waals surface area contributed by atoms with Crippen LogP contribution in [0.15, 0.2) is 18.2 Å². The molecule has 2 aliphatic heterocycles. The second-order valence-corrected chi connectivity index (χ2v) is 8.68. The number of nitrogens with zero attached hydrogens (tertiary/aromatic N) is 1. The summed E-state index contributed by atoms with van der Waals surface area (Å²) in [6.07, 6.45) is 2.47. The van der Waals surface area contributed by atoms with Gasteiger partial charge >= 0.3 is 5.97 Å². The van der Waals surface area contributed by atoms with Gasteiger partial charge in [0.25, 0.3) is 0 Å². The number of fused-ring (bicyclic) bond motifs is 2. The summed E-state index contributed by atoms with van der Waals surface area (Å²) in [6.45, 7) is 3.10. The standard InChI is InChI=1S/C22H27NO6S/c1-26-16-5-4-15(18(27-2)19(16)28-3)13-23-9-7-22(8-10-23)20-14(6-11-29-22)12-17(30-20)21(24)25/h4-5,12H,6-11,13H2,1-3H3,(H,24,25). The van der Waals surface area contributed by atoms with E-state index in [1.54, 1.807) is 21.3 Å². The van der Waals surface area contributed by atoms with Gasteiger partial charge in [0.1, 0.15) is 10.5 Å². The average molecular weight is 434 g/mol. The quantitative estimate of drug-likeness (QED) is 0.747. The monoisotopic (exact) mass is 433 g/mol. The molecule has 162 valence electrons. The highest BCUT2D eigenvalue weighted by Gasteiger charge is 2.42. The first kappa shape index (κ1) is 21.0. The Hall–Kier alpha value is -2.29. The van der Waals surface area contributed by atoms with Gasteiger partial charge in [0, 0.05) is 30.1 Å². The molecule has 1 aromatic carbocycles. The highest BCUT2D eigenvalue weighted by molar-refractivity contribution is 7.14. The molecule has 0 unspecified atom stereocenters. The number of carbonyl (C=O) groups is 1. The Bertz CT molecular complexity index is 932. The summed E-state index contributed by atoms with van der Waals surface area (Å²) in [5.74, 6) is 1.08. The van der Waals surface area contributed by atoms with Gasteiger partial charge in [-0.15, -0.1) is 11.3 Å². The number of benzene rings is 1. The Balaban J connectivity index is 1.51. The number of ether oxygens (including phenoxy) is 4. The second kappa shape index (κ2) is 8.45. The second-order valence-electron chi connectivity index (χ2n) is 7.63. The summed E-state index contributed by atoms with van der Waals surface area (Å²) in [5.41, 5.74) is 1.82. The van der Waals surface area contributed by atoms with Crippen molar-refractivity contribution in [2.45, 2.75) is 31.4 Å². The first-order chi connectivity index (χ1) is 14.5. The summed E-state index contributed by atoms with van der Waals surface area (Å²) in [5, 5.41) is 9.39. The summed E-state index contributed by atoms with van der Waals surface area (Å²) >= 11 is 1.38. The minimum Gasteiger partial charge on any atom is -0.493 e. The minimum atomic E-state index is -0.859. The Labute approximate surface area is 180 Å². The van der Waals surface area contributed by atoms with Crippen LogP contribution in [0.5, 0.6) is 17.2 Å². The van der Waals surface area contributed by atoms with Gasteiger partial charge in [-0.05, 0) is 37.0 Å². The molecule has 7 nitrogen and oxygen atoms in total. The van der Waals surface area contributed by atoms with E-state index in [-0.39, 0.29) is 5.60 Å². The number of carboxylic acids is 1. The van der Waals surface area contributed by atoms with Crippen LogP contribution in [0.1, 0.15) is 38.5 Å². The van der Waals surface area contributed by atoms with E-state index in [2.05, 4.69) is 4.90 Å². The summed E-state index contributed by atoms with van der Waals surface area (Å²) in [4.78, 5) is 15.3. The number of piperidine rings is 1. The highest BCUT2D eigenvalue weighted by atomic mass is 32.1. The molecule has 2 aliphatic rings. The highest BCUT2D eigenvalue weighted by Crippen LogP contribution is 2.46. The lowest BCUT2D eigenvalue weighted by atomic mass is 9.85. The lowest BCUT2D eigenvalue weighted by molar-refractivity contribution is -0.0961. The van der Waals surface area contributed by atoms with Crippen molar-refractivity contribution in [3.05, 3.63) is 39.1 Å². The zero-order valence-electron chi connectivity index (χ0n) is 17.5. The predicted molar refractivity (Wildman–Crippen MR) is 113 cm³/mol. The van der Waals surface area contributed by atoms with Crippen LogP contribution in [0.4, 0.5) is 0 Å². The molecule has 0 bridgehead atoms. The fraction of sp³-hybridized carbons (Fsp3) is 0.500. The molecule has 30 heavy (non-hydrogen) atoms. The number of aromatic carboxylic acids is 1. The molecule has 0 aliphatic carbocycles. The number of hydrogen-bond acceptors (Lipinski definition) is 7. The molecule has 1 saturated heterocycles. The van der Waals surface area contributed by atoms with E-state index < -0.39 is 5.97 Å². The van der Waals surface area contributed by atoms with Gasteiger partial charge in [-0.1, -0.05) is 6.07 Å². The normalized spacial score (nSPS) is 18.1. The topological polar surface area (TPSA) is 77.5 Å². The van der Waals surface area contributed by atoms with Gasteiger partial charge in [0.15, 0.2) is 11.5 Å². The molecular formula is C22H27NO6S. The van der Waals surface area contributed by atoms with Gasteiger partial charge < -0.3 is 24.1 Å². The van der Waals surface area contributed by atoms with Gasteiger partial charge in [0.05, 0.1) is 27.9 Å². The molecular weight excluding hydrogens is 406 g/mol. The molecule has 0 amide bonds. The number of likely N-dealkylation sites (tertiary alicyclic amines) is 1. The zero-order chi connectivity index (χ0) is 21.3. The van der Waals surface area contributed by atoms with Crippen LogP contribution in [-0.4, -0.2) is 57.0 Å². The van der Waals surface area contributed by atoms with E-state index in [1.165, 1.54) is 11.3 Å². The summed E-state index contributed by atoms with van der Waals surface area (Å²) in [7, 11) is 4.86.